The summed E-state index contributed by atoms with van der Waals surface area (Å²) in [4.78, 5) is 24.1. The van der Waals surface area contributed by atoms with E-state index in [0.717, 1.165) is 24.2 Å². The lowest BCUT2D eigenvalue weighted by Gasteiger charge is -2.23. The molecule has 0 aromatic heterocycles. The molecule has 24 heavy (non-hydrogen) atoms. The highest BCUT2D eigenvalue weighted by Crippen LogP contribution is 2.27. The topological polar surface area (TPSA) is 64.6 Å². The van der Waals surface area contributed by atoms with Gasteiger partial charge in [0, 0.05) is 6.42 Å². The minimum absolute atomic E-state index is 0.00613. The number of hydrogen-bond acceptors (Lipinski definition) is 4. The fourth-order valence-corrected chi connectivity index (χ4v) is 3.25. The first-order valence-electron chi connectivity index (χ1n) is 8.62. The van der Waals surface area contributed by atoms with Crippen LogP contribution in [0.3, 0.4) is 0 Å². The maximum Gasteiger partial charge on any atom is 0.307 e. The Morgan fingerprint density at radius 3 is 2.38 bits per heavy atom. The summed E-state index contributed by atoms with van der Waals surface area (Å²) in [7, 11) is 2.96. The van der Waals surface area contributed by atoms with Crippen LogP contribution in [0.1, 0.15) is 56.6 Å². The first-order chi connectivity index (χ1) is 11.6. The molecule has 1 aliphatic carbocycles. The maximum absolute atomic E-state index is 12.4. The molecule has 0 aliphatic heterocycles. The number of carbonyl (C=O) groups is 2. The van der Waals surface area contributed by atoms with Crippen LogP contribution in [-0.2, 0) is 14.3 Å². The molecule has 132 valence electrons. The molecular weight excluding hydrogens is 306 g/mol. The molecule has 1 N–H and O–H groups in total. The van der Waals surface area contributed by atoms with Gasteiger partial charge in [0.15, 0.2) is 0 Å². The van der Waals surface area contributed by atoms with Crippen LogP contribution in [0.25, 0.3) is 0 Å². The van der Waals surface area contributed by atoms with Gasteiger partial charge in [0.2, 0.25) is 5.91 Å². The molecule has 1 saturated carbocycles. The summed E-state index contributed by atoms with van der Waals surface area (Å²) in [6.07, 6.45) is 6.60. The van der Waals surface area contributed by atoms with Gasteiger partial charge in [-0.05, 0) is 36.5 Å². The monoisotopic (exact) mass is 333 g/mol. The van der Waals surface area contributed by atoms with Crippen molar-refractivity contribution in [2.45, 2.75) is 51.0 Å². The Bertz CT molecular complexity index is 535. The second-order valence-electron chi connectivity index (χ2n) is 6.38. The molecule has 1 fully saturated rings. The fourth-order valence-electron chi connectivity index (χ4n) is 3.25. The third-order valence-electron chi connectivity index (χ3n) is 4.65. The molecule has 1 atom stereocenters. The number of amides is 1. The van der Waals surface area contributed by atoms with Gasteiger partial charge in [-0.3, -0.25) is 9.59 Å². The largest absolute Gasteiger partial charge is 0.497 e. The Morgan fingerprint density at radius 2 is 1.79 bits per heavy atom. The molecule has 1 amide bonds. The van der Waals surface area contributed by atoms with Crippen LogP contribution in [-0.4, -0.2) is 26.1 Å². The zero-order valence-electron chi connectivity index (χ0n) is 14.5. The first kappa shape index (κ1) is 18.3. The number of methoxy groups -OCH3 is 2. The summed E-state index contributed by atoms with van der Waals surface area (Å²) in [6.45, 7) is 0. The molecule has 1 aliphatic rings. The Morgan fingerprint density at radius 1 is 1.12 bits per heavy atom. The second kappa shape index (κ2) is 9.30. The molecule has 5 heteroatoms. The van der Waals surface area contributed by atoms with E-state index in [4.69, 9.17) is 9.47 Å². The lowest BCUT2D eigenvalue weighted by atomic mass is 9.86. The van der Waals surface area contributed by atoms with Crippen molar-refractivity contribution < 1.29 is 19.1 Å². The Labute approximate surface area is 143 Å². The van der Waals surface area contributed by atoms with Crippen molar-refractivity contribution in [1.82, 2.24) is 5.32 Å². The third kappa shape index (κ3) is 5.55. The summed E-state index contributed by atoms with van der Waals surface area (Å²) < 4.78 is 9.92. The normalized spacial score (nSPS) is 16.2. The molecule has 0 bridgehead atoms. The van der Waals surface area contributed by atoms with Crippen molar-refractivity contribution in [1.29, 1.82) is 0 Å². The average molecular weight is 333 g/mol. The first-order valence-corrected chi connectivity index (χ1v) is 8.62. The molecule has 1 aromatic rings. The van der Waals surface area contributed by atoms with Gasteiger partial charge in [-0.15, -0.1) is 0 Å². The van der Waals surface area contributed by atoms with Gasteiger partial charge in [0.05, 0.1) is 26.7 Å². The lowest BCUT2D eigenvalue weighted by molar-refractivity contribution is -0.141. The molecular formula is C19H27NO4. The quantitative estimate of drug-likeness (QED) is 0.777. The standard InChI is InChI=1S/C19H27NO4/c1-23-16-10-8-15(9-11-16)17(13-19(22)24-2)20-18(21)12-14-6-4-3-5-7-14/h8-11,14,17H,3-7,12-13H2,1-2H3,(H,20,21). The van der Waals surface area contributed by atoms with Crippen molar-refractivity contribution in [2.75, 3.05) is 14.2 Å². The minimum Gasteiger partial charge on any atom is -0.497 e. The van der Waals surface area contributed by atoms with Gasteiger partial charge in [0.25, 0.3) is 0 Å². The molecule has 1 aromatic carbocycles. The van der Waals surface area contributed by atoms with Crippen molar-refractivity contribution in [2.24, 2.45) is 5.92 Å². The van der Waals surface area contributed by atoms with Crippen LogP contribution in [0.4, 0.5) is 0 Å². The molecule has 2 rings (SSSR count). The van der Waals surface area contributed by atoms with E-state index in [9.17, 15) is 9.59 Å². The highest BCUT2D eigenvalue weighted by molar-refractivity contribution is 5.78. The lowest BCUT2D eigenvalue weighted by Crippen LogP contribution is -2.32. The maximum atomic E-state index is 12.4. The van der Waals surface area contributed by atoms with Crippen LogP contribution in [0.5, 0.6) is 5.75 Å². The average Bonchev–Trinajstić information content (AvgIpc) is 2.62. The van der Waals surface area contributed by atoms with Gasteiger partial charge in [-0.2, -0.15) is 0 Å². The number of esters is 1. The molecule has 0 spiro atoms. The fraction of sp³-hybridized carbons (Fsp3) is 0.579. The van der Waals surface area contributed by atoms with E-state index in [-0.39, 0.29) is 24.3 Å². The van der Waals surface area contributed by atoms with Crippen LogP contribution in [0.15, 0.2) is 24.3 Å². The summed E-state index contributed by atoms with van der Waals surface area (Å²) in [5.41, 5.74) is 0.873. The molecule has 1 unspecified atom stereocenters. The second-order valence-corrected chi connectivity index (χ2v) is 6.38. The Kier molecular flexibility index (Phi) is 7.09. The number of hydrogen-bond donors (Lipinski definition) is 1. The van der Waals surface area contributed by atoms with E-state index in [2.05, 4.69) is 5.32 Å². The third-order valence-corrected chi connectivity index (χ3v) is 4.65. The van der Waals surface area contributed by atoms with Crippen LogP contribution in [0.2, 0.25) is 0 Å². The zero-order valence-corrected chi connectivity index (χ0v) is 14.5. The van der Waals surface area contributed by atoms with E-state index < -0.39 is 0 Å². The predicted octanol–water partition coefficient (Wildman–Crippen LogP) is 3.39. The number of carbonyl (C=O) groups excluding carboxylic acids is 2. The van der Waals surface area contributed by atoms with Gasteiger partial charge >= 0.3 is 5.97 Å². The number of ether oxygens (including phenoxy) is 2. The number of rotatable bonds is 7. The van der Waals surface area contributed by atoms with E-state index in [1.54, 1.807) is 7.11 Å². The highest BCUT2D eigenvalue weighted by atomic mass is 16.5. The Hall–Kier alpha value is -2.04. The number of nitrogens with one attached hydrogen (secondary N) is 1. The Balaban J connectivity index is 2.01. The van der Waals surface area contributed by atoms with Gasteiger partial charge in [-0.25, -0.2) is 0 Å². The molecule has 0 saturated heterocycles. The smallest absolute Gasteiger partial charge is 0.307 e. The van der Waals surface area contributed by atoms with E-state index in [1.807, 2.05) is 24.3 Å². The molecule has 0 radical (unpaired) electrons. The SMILES string of the molecule is COC(=O)CC(NC(=O)CC1CCCCC1)c1ccc(OC)cc1. The summed E-state index contributed by atoms with van der Waals surface area (Å²) >= 11 is 0. The van der Waals surface area contributed by atoms with Crippen molar-refractivity contribution >= 4 is 11.9 Å². The summed E-state index contributed by atoms with van der Waals surface area (Å²) in [6, 6.07) is 7.01. The predicted molar refractivity (Wildman–Crippen MR) is 91.7 cm³/mol. The molecule has 0 heterocycles. The van der Waals surface area contributed by atoms with E-state index in [1.165, 1.54) is 26.4 Å². The minimum atomic E-state index is -0.376. The van der Waals surface area contributed by atoms with Crippen LogP contribution in [0, 0.1) is 5.92 Å². The van der Waals surface area contributed by atoms with E-state index in [0.29, 0.717) is 12.3 Å². The van der Waals surface area contributed by atoms with Crippen LogP contribution < -0.4 is 10.1 Å². The van der Waals surface area contributed by atoms with Crippen molar-refractivity contribution in [3.63, 3.8) is 0 Å². The summed E-state index contributed by atoms with van der Waals surface area (Å²) in [5, 5.41) is 3.00. The van der Waals surface area contributed by atoms with Gasteiger partial charge in [-0.1, -0.05) is 31.4 Å². The summed E-state index contributed by atoms with van der Waals surface area (Å²) in [5.74, 6) is 0.873. The highest BCUT2D eigenvalue weighted by Gasteiger charge is 2.22. The van der Waals surface area contributed by atoms with Gasteiger partial charge < -0.3 is 14.8 Å². The van der Waals surface area contributed by atoms with Crippen molar-refractivity contribution in [3.05, 3.63) is 29.8 Å². The van der Waals surface area contributed by atoms with E-state index >= 15 is 0 Å². The number of benzene rings is 1. The van der Waals surface area contributed by atoms with Crippen LogP contribution >= 0.6 is 0 Å². The van der Waals surface area contributed by atoms with Crippen molar-refractivity contribution in [3.8, 4) is 5.75 Å². The molecule has 5 nitrogen and oxygen atoms in total. The van der Waals surface area contributed by atoms with Gasteiger partial charge in [0.1, 0.15) is 5.75 Å². The zero-order chi connectivity index (χ0) is 17.4.